The van der Waals surface area contributed by atoms with Crippen LogP contribution < -0.4 is 5.32 Å². The van der Waals surface area contributed by atoms with E-state index in [-0.39, 0.29) is 22.7 Å². The molecule has 0 bridgehead atoms. The van der Waals surface area contributed by atoms with Crippen molar-refractivity contribution in [3.05, 3.63) is 28.8 Å². The van der Waals surface area contributed by atoms with Crippen LogP contribution in [0.1, 0.15) is 44.0 Å². The molecule has 0 aliphatic heterocycles. The predicted molar refractivity (Wildman–Crippen MR) is 74.1 cm³/mol. The summed E-state index contributed by atoms with van der Waals surface area (Å²) < 4.78 is 0. The molecular formula is C14H20ClNO2. The van der Waals surface area contributed by atoms with Gasteiger partial charge in [0.05, 0.1) is 5.02 Å². The summed E-state index contributed by atoms with van der Waals surface area (Å²) in [5.41, 5.74) is 0.467. The Kier molecular flexibility index (Phi) is 5.48. The van der Waals surface area contributed by atoms with Crippen molar-refractivity contribution in [3.63, 3.8) is 0 Å². The minimum Gasteiger partial charge on any atom is -0.506 e. The summed E-state index contributed by atoms with van der Waals surface area (Å²) in [4.78, 5) is 11.9. The number of halogens is 1. The smallest absolute Gasteiger partial charge is 0.251 e. The second-order valence-corrected chi connectivity index (χ2v) is 5.42. The van der Waals surface area contributed by atoms with Crippen molar-refractivity contribution in [1.82, 2.24) is 5.32 Å². The topological polar surface area (TPSA) is 49.3 Å². The van der Waals surface area contributed by atoms with Gasteiger partial charge >= 0.3 is 0 Å². The Balaban J connectivity index is 2.56. The van der Waals surface area contributed by atoms with E-state index in [4.69, 9.17) is 11.6 Å². The first kappa shape index (κ1) is 14.8. The lowest BCUT2D eigenvalue weighted by Crippen LogP contribution is -2.32. The zero-order chi connectivity index (χ0) is 13.7. The maximum Gasteiger partial charge on any atom is 0.251 e. The van der Waals surface area contributed by atoms with Gasteiger partial charge in [0.2, 0.25) is 0 Å². The number of phenols is 1. The molecule has 0 aromatic heterocycles. The Morgan fingerprint density at radius 1 is 1.33 bits per heavy atom. The molecule has 1 aromatic carbocycles. The fourth-order valence-electron chi connectivity index (χ4n) is 1.61. The highest BCUT2D eigenvalue weighted by Crippen LogP contribution is 2.23. The van der Waals surface area contributed by atoms with Crippen molar-refractivity contribution < 1.29 is 9.90 Å². The predicted octanol–water partition coefficient (Wildman–Crippen LogP) is 3.60. The molecule has 1 atom stereocenters. The molecule has 0 saturated heterocycles. The Hall–Kier alpha value is -1.22. The third-order valence-electron chi connectivity index (χ3n) is 2.76. The molecule has 3 nitrogen and oxygen atoms in total. The molecule has 0 aliphatic carbocycles. The number of carbonyl (C=O) groups is 1. The molecule has 0 radical (unpaired) electrons. The molecule has 1 aromatic rings. The van der Waals surface area contributed by atoms with Crippen LogP contribution in [0.2, 0.25) is 5.02 Å². The van der Waals surface area contributed by atoms with Crippen molar-refractivity contribution in [2.45, 2.75) is 39.7 Å². The minimum absolute atomic E-state index is 0.0129. The van der Waals surface area contributed by atoms with Crippen molar-refractivity contribution in [3.8, 4) is 5.75 Å². The van der Waals surface area contributed by atoms with Crippen LogP contribution in [0, 0.1) is 5.92 Å². The molecule has 1 amide bonds. The van der Waals surface area contributed by atoms with Gasteiger partial charge in [0.15, 0.2) is 0 Å². The Bertz CT molecular complexity index is 418. The first-order chi connectivity index (χ1) is 8.40. The van der Waals surface area contributed by atoms with Gasteiger partial charge in [0.25, 0.3) is 5.91 Å². The van der Waals surface area contributed by atoms with Crippen LogP contribution in [0.3, 0.4) is 0 Å². The summed E-state index contributed by atoms with van der Waals surface area (Å²) in [7, 11) is 0. The normalized spacial score (nSPS) is 12.5. The lowest BCUT2D eigenvalue weighted by atomic mass is 10.0. The van der Waals surface area contributed by atoms with Crippen LogP contribution >= 0.6 is 11.6 Å². The largest absolute Gasteiger partial charge is 0.506 e. The molecule has 0 saturated carbocycles. The standard InChI is InChI=1S/C14H20ClNO2/c1-9(2)4-5-10(3)16-14(18)11-6-7-13(17)12(15)8-11/h6-10,17H,4-5H2,1-3H3,(H,16,18). The number of benzene rings is 1. The zero-order valence-electron chi connectivity index (χ0n) is 11.0. The van der Waals surface area contributed by atoms with Gasteiger partial charge in [0, 0.05) is 11.6 Å². The molecule has 2 N–H and O–H groups in total. The van der Waals surface area contributed by atoms with Gasteiger partial charge in [-0.25, -0.2) is 0 Å². The summed E-state index contributed by atoms with van der Waals surface area (Å²) >= 11 is 5.77. The SMILES string of the molecule is CC(C)CCC(C)NC(=O)c1ccc(O)c(Cl)c1. The monoisotopic (exact) mass is 269 g/mol. The molecule has 0 heterocycles. The molecule has 4 heteroatoms. The zero-order valence-corrected chi connectivity index (χ0v) is 11.8. The minimum atomic E-state index is -0.159. The van der Waals surface area contributed by atoms with Gasteiger partial charge in [-0.3, -0.25) is 4.79 Å². The second kappa shape index (κ2) is 6.64. The fourth-order valence-corrected chi connectivity index (χ4v) is 1.79. The third-order valence-corrected chi connectivity index (χ3v) is 3.07. The van der Waals surface area contributed by atoms with Crippen LogP contribution in [0.5, 0.6) is 5.75 Å². The number of carbonyl (C=O) groups excluding carboxylic acids is 1. The highest BCUT2D eigenvalue weighted by Gasteiger charge is 2.11. The van der Waals surface area contributed by atoms with Crippen molar-refractivity contribution in [2.75, 3.05) is 0 Å². The maximum absolute atomic E-state index is 11.9. The number of nitrogens with one attached hydrogen (secondary N) is 1. The number of phenolic OH excluding ortho intramolecular Hbond substituents is 1. The van der Waals surface area contributed by atoms with Crippen LogP contribution in [-0.2, 0) is 0 Å². The van der Waals surface area contributed by atoms with Gasteiger partial charge in [0.1, 0.15) is 5.75 Å². The van der Waals surface area contributed by atoms with E-state index in [0.29, 0.717) is 11.5 Å². The molecule has 100 valence electrons. The Morgan fingerprint density at radius 2 is 2.00 bits per heavy atom. The molecule has 0 aliphatic rings. The lowest BCUT2D eigenvalue weighted by Gasteiger charge is -2.15. The highest BCUT2D eigenvalue weighted by molar-refractivity contribution is 6.32. The quantitative estimate of drug-likeness (QED) is 0.858. The average molecular weight is 270 g/mol. The number of amides is 1. The van der Waals surface area contributed by atoms with E-state index in [1.54, 1.807) is 6.07 Å². The number of rotatable bonds is 5. The van der Waals surface area contributed by atoms with Crippen LogP contribution in [0.25, 0.3) is 0 Å². The van der Waals surface area contributed by atoms with Crippen molar-refractivity contribution >= 4 is 17.5 Å². The molecule has 1 unspecified atom stereocenters. The molecule has 1 rings (SSSR count). The van der Waals surface area contributed by atoms with Crippen molar-refractivity contribution in [2.24, 2.45) is 5.92 Å². The highest BCUT2D eigenvalue weighted by atomic mass is 35.5. The third kappa shape index (κ3) is 4.57. The van der Waals surface area contributed by atoms with E-state index >= 15 is 0 Å². The first-order valence-corrected chi connectivity index (χ1v) is 6.57. The molecule has 0 fully saturated rings. The van der Waals surface area contributed by atoms with Crippen LogP contribution in [-0.4, -0.2) is 17.1 Å². The fraction of sp³-hybridized carbons (Fsp3) is 0.500. The summed E-state index contributed by atoms with van der Waals surface area (Å²) in [5, 5.41) is 12.4. The second-order valence-electron chi connectivity index (χ2n) is 5.01. The van der Waals surface area contributed by atoms with Gasteiger partial charge in [-0.05, 0) is 43.9 Å². The van der Waals surface area contributed by atoms with Crippen LogP contribution in [0.4, 0.5) is 0 Å². The van der Waals surface area contributed by atoms with Crippen LogP contribution in [0.15, 0.2) is 18.2 Å². The summed E-state index contributed by atoms with van der Waals surface area (Å²) in [6, 6.07) is 4.59. The number of aromatic hydroxyl groups is 1. The van der Waals surface area contributed by atoms with E-state index in [0.717, 1.165) is 12.8 Å². The van der Waals surface area contributed by atoms with E-state index in [1.807, 2.05) is 6.92 Å². The van der Waals surface area contributed by atoms with Gasteiger partial charge in [-0.2, -0.15) is 0 Å². The molecule has 18 heavy (non-hydrogen) atoms. The first-order valence-electron chi connectivity index (χ1n) is 6.19. The number of hydrogen-bond donors (Lipinski definition) is 2. The Labute approximate surface area is 113 Å². The van der Waals surface area contributed by atoms with Gasteiger partial charge in [-0.1, -0.05) is 25.4 Å². The summed E-state index contributed by atoms with van der Waals surface area (Å²) in [6.07, 6.45) is 2.03. The molecule has 0 spiro atoms. The summed E-state index contributed by atoms with van der Waals surface area (Å²) in [6.45, 7) is 6.31. The van der Waals surface area contributed by atoms with Crippen molar-refractivity contribution in [1.29, 1.82) is 0 Å². The van der Waals surface area contributed by atoms with Gasteiger partial charge < -0.3 is 10.4 Å². The van der Waals surface area contributed by atoms with E-state index in [2.05, 4.69) is 19.2 Å². The Morgan fingerprint density at radius 3 is 2.56 bits per heavy atom. The van der Waals surface area contributed by atoms with E-state index in [9.17, 15) is 9.90 Å². The van der Waals surface area contributed by atoms with E-state index in [1.165, 1.54) is 12.1 Å². The number of hydrogen-bond acceptors (Lipinski definition) is 2. The maximum atomic E-state index is 11.9. The summed E-state index contributed by atoms with van der Waals surface area (Å²) in [5.74, 6) is 0.460. The average Bonchev–Trinajstić information content (AvgIpc) is 2.30. The molecular weight excluding hydrogens is 250 g/mol. The lowest BCUT2D eigenvalue weighted by molar-refractivity contribution is 0.0937. The van der Waals surface area contributed by atoms with Gasteiger partial charge in [-0.15, -0.1) is 0 Å². The van der Waals surface area contributed by atoms with E-state index < -0.39 is 0 Å².